The van der Waals surface area contributed by atoms with Crippen molar-refractivity contribution in [3.63, 3.8) is 0 Å². The Hall–Kier alpha value is -0.570. The number of rotatable bonds is 7. The molecule has 0 aliphatic heterocycles. The molecule has 0 unspecified atom stereocenters. The van der Waals surface area contributed by atoms with Gasteiger partial charge in [-0.1, -0.05) is 6.42 Å². The van der Waals surface area contributed by atoms with Crippen molar-refractivity contribution in [2.24, 2.45) is 5.73 Å². The molecule has 0 rings (SSSR count). The van der Waals surface area contributed by atoms with Crippen molar-refractivity contribution < 1.29 is 9.53 Å². The van der Waals surface area contributed by atoms with E-state index in [9.17, 15) is 4.79 Å². The molecule has 0 fully saturated rings. The number of primary amides is 1. The molecule has 1 radical (unpaired) electrons. The second kappa shape index (κ2) is 5.97. The van der Waals surface area contributed by atoms with Gasteiger partial charge in [-0.15, -0.1) is 0 Å². The Labute approximate surface area is 80.6 Å². The first kappa shape index (κ1) is 12.4. The SMILES string of the molecule is [CH2]C(C)(C)OCCCCCC(N)=O. The van der Waals surface area contributed by atoms with Crippen molar-refractivity contribution in [2.75, 3.05) is 6.61 Å². The molecule has 0 saturated heterocycles. The van der Waals surface area contributed by atoms with Crippen LogP contribution in [0.2, 0.25) is 0 Å². The number of unbranched alkanes of at least 4 members (excludes halogenated alkanes) is 2. The normalized spacial score (nSPS) is 11.6. The van der Waals surface area contributed by atoms with E-state index in [1.165, 1.54) is 0 Å². The van der Waals surface area contributed by atoms with Gasteiger partial charge in [0.15, 0.2) is 0 Å². The van der Waals surface area contributed by atoms with Gasteiger partial charge in [-0.2, -0.15) is 0 Å². The van der Waals surface area contributed by atoms with Crippen LogP contribution in [0.15, 0.2) is 0 Å². The zero-order chi connectivity index (χ0) is 10.3. The zero-order valence-electron chi connectivity index (χ0n) is 8.64. The van der Waals surface area contributed by atoms with Crippen LogP contribution in [-0.2, 0) is 9.53 Å². The number of carbonyl (C=O) groups excluding carboxylic acids is 1. The summed E-state index contributed by atoms with van der Waals surface area (Å²) in [6, 6.07) is 0. The highest BCUT2D eigenvalue weighted by Crippen LogP contribution is 2.08. The van der Waals surface area contributed by atoms with Crippen LogP contribution in [0.25, 0.3) is 0 Å². The number of amides is 1. The van der Waals surface area contributed by atoms with Crippen molar-refractivity contribution in [3.05, 3.63) is 6.92 Å². The Morgan fingerprint density at radius 1 is 1.38 bits per heavy atom. The van der Waals surface area contributed by atoms with Crippen molar-refractivity contribution in [2.45, 2.75) is 45.1 Å². The monoisotopic (exact) mass is 186 g/mol. The molecule has 3 heteroatoms. The average Bonchev–Trinajstić information content (AvgIpc) is 1.93. The summed E-state index contributed by atoms with van der Waals surface area (Å²) >= 11 is 0. The maximum Gasteiger partial charge on any atom is 0.217 e. The first-order valence-electron chi connectivity index (χ1n) is 4.69. The predicted octanol–water partition coefficient (Wildman–Crippen LogP) is 1.66. The molecule has 0 heterocycles. The summed E-state index contributed by atoms with van der Waals surface area (Å²) in [7, 11) is 0. The Morgan fingerprint density at radius 2 is 2.00 bits per heavy atom. The lowest BCUT2D eigenvalue weighted by Gasteiger charge is -2.18. The van der Waals surface area contributed by atoms with E-state index in [2.05, 4.69) is 6.92 Å². The third-order valence-electron chi connectivity index (χ3n) is 1.56. The highest BCUT2D eigenvalue weighted by Gasteiger charge is 2.08. The van der Waals surface area contributed by atoms with Crippen LogP contribution in [0, 0.1) is 6.92 Å². The minimum atomic E-state index is -0.302. The molecule has 0 atom stereocenters. The molecule has 0 aromatic rings. The fourth-order valence-electron chi connectivity index (χ4n) is 0.927. The molecule has 2 N–H and O–H groups in total. The maximum atomic E-state index is 10.4. The quantitative estimate of drug-likeness (QED) is 0.615. The molecule has 0 bridgehead atoms. The fourth-order valence-corrected chi connectivity index (χ4v) is 0.927. The smallest absolute Gasteiger partial charge is 0.217 e. The van der Waals surface area contributed by atoms with Gasteiger partial charge in [0.05, 0.1) is 5.60 Å². The van der Waals surface area contributed by atoms with Gasteiger partial charge in [-0.25, -0.2) is 0 Å². The van der Waals surface area contributed by atoms with Crippen molar-refractivity contribution in [1.82, 2.24) is 0 Å². The van der Waals surface area contributed by atoms with E-state index in [-0.39, 0.29) is 11.5 Å². The van der Waals surface area contributed by atoms with Crippen LogP contribution in [0.3, 0.4) is 0 Å². The topological polar surface area (TPSA) is 52.3 Å². The van der Waals surface area contributed by atoms with Gasteiger partial charge in [0.2, 0.25) is 5.91 Å². The molecule has 1 amide bonds. The Morgan fingerprint density at radius 3 is 2.46 bits per heavy atom. The van der Waals surface area contributed by atoms with Gasteiger partial charge in [0, 0.05) is 13.0 Å². The molecule has 0 aromatic heterocycles. The summed E-state index contributed by atoms with van der Waals surface area (Å²) in [4.78, 5) is 10.4. The summed E-state index contributed by atoms with van der Waals surface area (Å²) in [6.07, 6.45) is 3.29. The first-order valence-corrected chi connectivity index (χ1v) is 4.69. The van der Waals surface area contributed by atoms with E-state index >= 15 is 0 Å². The fraction of sp³-hybridized carbons (Fsp3) is 0.800. The molecule has 0 aliphatic rings. The van der Waals surface area contributed by atoms with Crippen molar-refractivity contribution in [1.29, 1.82) is 0 Å². The number of ether oxygens (including phenoxy) is 1. The molecular formula is C10H20NO2. The van der Waals surface area contributed by atoms with Gasteiger partial charge >= 0.3 is 0 Å². The van der Waals surface area contributed by atoms with Crippen LogP contribution in [0.1, 0.15) is 39.5 Å². The van der Waals surface area contributed by atoms with E-state index in [4.69, 9.17) is 10.5 Å². The number of hydrogen-bond acceptors (Lipinski definition) is 2. The predicted molar refractivity (Wildman–Crippen MR) is 53.1 cm³/mol. The van der Waals surface area contributed by atoms with Gasteiger partial charge in [0.1, 0.15) is 0 Å². The molecular weight excluding hydrogens is 166 g/mol. The second-order valence-corrected chi connectivity index (χ2v) is 3.89. The zero-order valence-corrected chi connectivity index (χ0v) is 8.64. The molecule has 0 saturated carbocycles. The van der Waals surface area contributed by atoms with E-state index in [0.717, 1.165) is 19.3 Å². The third kappa shape index (κ3) is 11.4. The Kier molecular flexibility index (Phi) is 5.71. The van der Waals surface area contributed by atoms with Crippen LogP contribution >= 0.6 is 0 Å². The number of hydrogen-bond donors (Lipinski definition) is 1. The first-order chi connectivity index (χ1) is 5.92. The summed E-state index contributed by atoms with van der Waals surface area (Å²) in [6.45, 7) is 8.38. The average molecular weight is 186 g/mol. The molecule has 0 spiro atoms. The second-order valence-electron chi connectivity index (χ2n) is 3.89. The standard InChI is InChI=1S/C10H20NO2/c1-10(2,3)13-8-6-4-5-7-9(11)12/h1,4-8H2,2-3H3,(H2,11,12). The lowest BCUT2D eigenvalue weighted by Crippen LogP contribution is -2.20. The molecule has 0 aromatic carbocycles. The number of nitrogens with two attached hydrogens (primary N) is 1. The summed E-state index contributed by atoms with van der Waals surface area (Å²) < 4.78 is 5.41. The minimum absolute atomic E-state index is 0.224. The highest BCUT2D eigenvalue weighted by atomic mass is 16.5. The van der Waals surface area contributed by atoms with Gasteiger partial charge < -0.3 is 10.5 Å². The van der Waals surface area contributed by atoms with Crippen molar-refractivity contribution >= 4 is 5.91 Å². The minimum Gasteiger partial charge on any atom is -0.376 e. The van der Waals surface area contributed by atoms with Crippen molar-refractivity contribution in [3.8, 4) is 0 Å². The van der Waals surface area contributed by atoms with Crippen LogP contribution in [-0.4, -0.2) is 18.1 Å². The van der Waals surface area contributed by atoms with E-state index in [1.54, 1.807) is 0 Å². The largest absolute Gasteiger partial charge is 0.376 e. The van der Waals surface area contributed by atoms with E-state index in [0.29, 0.717) is 13.0 Å². The van der Waals surface area contributed by atoms with E-state index in [1.807, 2.05) is 13.8 Å². The summed E-state index contributed by atoms with van der Waals surface area (Å²) in [5.41, 5.74) is 4.69. The summed E-state index contributed by atoms with van der Waals surface area (Å²) in [5.74, 6) is -0.224. The maximum absolute atomic E-state index is 10.4. The highest BCUT2D eigenvalue weighted by molar-refractivity contribution is 5.73. The van der Waals surface area contributed by atoms with Crippen LogP contribution < -0.4 is 5.73 Å². The molecule has 3 nitrogen and oxygen atoms in total. The summed E-state index contributed by atoms with van der Waals surface area (Å²) in [5, 5.41) is 0. The Balaban J connectivity index is 3.13. The van der Waals surface area contributed by atoms with Gasteiger partial charge in [0.25, 0.3) is 0 Å². The van der Waals surface area contributed by atoms with Gasteiger partial charge in [-0.3, -0.25) is 4.79 Å². The lowest BCUT2D eigenvalue weighted by atomic mass is 10.1. The molecule has 0 aliphatic carbocycles. The molecule has 77 valence electrons. The Bertz CT molecular complexity index is 149. The van der Waals surface area contributed by atoms with E-state index < -0.39 is 0 Å². The van der Waals surface area contributed by atoms with Crippen LogP contribution in [0.4, 0.5) is 0 Å². The van der Waals surface area contributed by atoms with Gasteiger partial charge in [-0.05, 0) is 33.6 Å². The third-order valence-corrected chi connectivity index (χ3v) is 1.56. The van der Waals surface area contributed by atoms with Crippen LogP contribution in [0.5, 0.6) is 0 Å². The number of carbonyl (C=O) groups is 1. The lowest BCUT2D eigenvalue weighted by molar-refractivity contribution is -0.118. The molecule has 13 heavy (non-hydrogen) atoms.